The SMILES string of the molecule is CN=C(NCCc1ccccc1OC)NCc1ccc(C)cc1OCC1CCOC1.I. The molecule has 1 saturated heterocycles. The summed E-state index contributed by atoms with van der Waals surface area (Å²) in [6, 6.07) is 14.4. The van der Waals surface area contributed by atoms with Crippen LogP contribution in [0.3, 0.4) is 0 Å². The Morgan fingerprint density at radius 1 is 1.13 bits per heavy atom. The number of para-hydroxylation sites is 1. The van der Waals surface area contributed by atoms with Crippen molar-refractivity contribution in [1.29, 1.82) is 0 Å². The van der Waals surface area contributed by atoms with Crippen LogP contribution in [0.25, 0.3) is 0 Å². The van der Waals surface area contributed by atoms with Gasteiger partial charge in [0.15, 0.2) is 5.96 Å². The number of hydrogen-bond donors (Lipinski definition) is 2. The summed E-state index contributed by atoms with van der Waals surface area (Å²) in [5, 5.41) is 6.76. The van der Waals surface area contributed by atoms with E-state index in [2.05, 4.69) is 46.8 Å². The van der Waals surface area contributed by atoms with Crippen molar-refractivity contribution in [3.63, 3.8) is 0 Å². The fourth-order valence-corrected chi connectivity index (χ4v) is 3.49. The van der Waals surface area contributed by atoms with Gasteiger partial charge in [-0.25, -0.2) is 0 Å². The van der Waals surface area contributed by atoms with Crippen molar-refractivity contribution in [2.24, 2.45) is 10.9 Å². The molecule has 0 amide bonds. The van der Waals surface area contributed by atoms with Gasteiger partial charge in [0, 0.05) is 38.2 Å². The number of nitrogens with zero attached hydrogens (tertiary/aromatic N) is 1. The molecule has 2 aromatic rings. The molecule has 2 N–H and O–H groups in total. The first kappa shape index (κ1) is 25.3. The molecule has 1 fully saturated rings. The Morgan fingerprint density at radius 3 is 2.71 bits per heavy atom. The Bertz CT molecular complexity index is 839. The van der Waals surface area contributed by atoms with E-state index in [4.69, 9.17) is 14.2 Å². The number of hydrogen-bond acceptors (Lipinski definition) is 4. The van der Waals surface area contributed by atoms with Crippen LogP contribution in [0.1, 0.15) is 23.1 Å². The molecule has 6 nitrogen and oxygen atoms in total. The van der Waals surface area contributed by atoms with Gasteiger partial charge in [-0.05, 0) is 43.0 Å². The molecule has 1 atom stereocenters. The number of aliphatic imine (C=N–C) groups is 1. The third-order valence-corrected chi connectivity index (χ3v) is 5.27. The van der Waals surface area contributed by atoms with Crippen LogP contribution in [0, 0.1) is 12.8 Å². The van der Waals surface area contributed by atoms with Gasteiger partial charge in [-0.2, -0.15) is 0 Å². The molecule has 0 aliphatic carbocycles. The molecule has 1 aliphatic rings. The number of aryl methyl sites for hydroxylation is 1. The molecular weight excluding hydrogens is 505 g/mol. The van der Waals surface area contributed by atoms with Gasteiger partial charge >= 0.3 is 0 Å². The lowest BCUT2D eigenvalue weighted by Crippen LogP contribution is -2.38. The summed E-state index contributed by atoms with van der Waals surface area (Å²) in [7, 11) is 3.48. The van der Waals surface area contributed by atoms with Crippen molar-refractivity contribution in [1.82, 2.24) is 10.6 Å². The minimum atomic E-state index is 0. The Hall–Kier alpha value is -2.00. The molecule has 0 aromatic heterocycles. The van der Waals surface area contributed by atoms with E-state index >= 15 is 0 Å². The molecule has 7 heteroatoms. The van der Waals surface area contributed by atoms with E-state index in [0.717, 1.165) is 55.6 Å². The predicted octanol–water partition coefficient (Wildman–Crippen LogP) is 3.94. The van der Waals surface area contributed by atoms with Gasteiger partial charge in [0.25, 0.3) is 0 Å². The first-order valence-electron chi connectivity index (χ1n) is 10.6. The van der Waals surface area contributed by atoms with Crippen LogP contribution in [0.5, 0.6) is 11.5 Å². The Labute approximate surface area is 202 Å². The van der Waals surface area contributed by atoms with Crippen LogP contribution in [0.2, 0.25) is 0 Å². The number of ether oxygens (including phenoxy) is 3. The minimum Gasteiger partial charge on any atom is -0.496 e. The molecule has 31 heavy (non-hydrogen) atoms. The van der Waals surface area contributed by atoms with Gasteiger partial charge in [-0.15, -0.1) is 24.0 Å². The zero-order chi connectivity index (χ0) is 21.2. The van der Waals surface area contributed by atoms with Crippen LogP contribution in [-0.2, 0) is 17.7 Å². The minimum absolute atomic E-state index is 0. The van der Waals surface area contributed by atoms with Crippen molar-refractivity contribution in [2.45, 2.75) is 26.3 Å². The first-order valence-corrected chi connectivity index (χ1v) is 10.6. The highest BCUT2D eigenvalue weighted by molar-refractivity contribution is 14.0. The highest BCUT2D eigenvalue weighted by Gasteiger charge is 2.17. The quantitative estimate of drug-likeness (QED) is 0.287. The Kier molecular flexibility index (Phi) is 10.9. The zero-order valence-electron chi connectivity index (χ0n) is 18.6. The summed E-state index contributed by atoms with van der Waals surface area (Å²) in [4.78, 5) is 4.34. The summed E-state index contributed by atoms with van der Waals surface area (Å²) >= 11 is 0. The number of methoxy groups -OCH3 is 1. The normalized spacial score (nSPS) is 15.8. The summed E-state index contributed by atoms with van der Waals surface area (Å²) < 4.78 is 17.0. The van der Waals surface area contributed by atoms with Gasteiger partial charge in [-0.3, -0.25) is 4.99 Å². The summed E-state index contributed by atoms with van der Waals surface area (Å²) in [5.41, 5.74) is 3.48. The van der Waals surface area contributed by atoms with E-state index in [1.807, 2.05) is 18.2 Å². The highest BCUT2D eigenvalue weighted by atomic mass is 127. The molecular formula is C24H34IN3O3. The fourth-order valence-electron chi connectivity index (χ4n) is 3.49. The Balaban J connectivity index is 0.00000341. The summed E-state index contributed by atoms with van der Waals surface area (Å²) in [6.07, 6.45) is 1.93. The standard InChI is InChI=1S/C24H33N3O3.HI/c1-18-8-9-21(23(14-18)30-17-19-11-13-29-16-19)15-27-24(25-2)26-12-10-20-6-4-5-7-22(20)28-3;/h4-9,14,19H,10-13,15-17H2,1-3H3,(H2,25,26,27);1H. The lowest BCUT2D eigenvalue weighted by Gasteiger charge is -2.17. The first-order chi connectivity index (χ1) is 14.7. The van der Waals surface area contributed by atoms with Gasteiger partial charge in [0.2, 0.25) is 0 Å². The van der Waals surface area contributed by atoms with Crippen LogP contribution in [0.4, 0.5) is 0 Å². The second-order valence-corrected chi connectivity index (χ2v) is 7.57. The van der Waals surface area contributed by atoms with E-state index in [1.54, 1.807) is 14.2 Å². The smallest absolute Gasteiger partial charge is 0.191 e. The van der Waals surface area contributed by atoms with Crippen LogP contribution >= 0.6 is 24.0 Å². The second-order valence-electron chi connectivity index (χ2n) is 7.57. The van der Waals surface area contributed by atoms with Gasteiger partial charge in [0.05, 0.1) is 20.3 Å². The molecule has 0 saturated carbocycles. The molecule has 3 rings (SSSR count). The summed E-state index contributed by atoms with van der Waals surface area (Å²) in [5.74, 6) is 3.09. The van der Waals surface area contributed by atoms with E-state index < -0.39 is 0 Å². The van der Waals surface area contributed by atoms with Crippen molar-refractivity contribution in [3.8, 4) is 11.5 Å². The maximum Gasteiger partial charge on any atom is 0.191 e. The molecule has 0 spiro atoms. The maximum atomic E-state index is 6.14. The lowest BCUT2D eigenvalue weighted by atomic mass is 10.1. The highest BCUT2D eigenvalue weighted by Crippen LogP contribution is 2.23. The third-order valence-electron chi connectivity index (χ3n) is 5.27. The molecule has 0 bridgehead atoms. The monoisotopic (exact) mass is 539 g/mol. The molecule has 0 radical (unpaired) electrons. The van der Waals surface area contributed by atoms with E-state index in [1.165, 1.54) is 11.1 Å². The third kappa shape index (κ3) is 7.88. The average Bonchev–Trinajstić information content (AvgIpc) is 3.29. The Morgan fingerprint density at radius 2 is 1.97 bits per heavy atom. The van der Waals surface area contributed by atoms with Crippen molar-refractivity contribution in [2.75, 3.05) is 40.5 Å². The van der Waals surface area contributed by atoms with E-state index in [-0.39, 0.29) is 24.0 Å². The number of rotatable bonds is 9. The van der Waals surface area contributed by atoms with Crippen LogP contribution in [-0.4, -0.2) is 46.5 Å². The number of nitrogens with one attached hydrogen (secondary N) is 2. The average molecular weight is 539 g/mol. The van der Waals surface area contributed by atoms with Crippen molar-refractivity contribution in [3.05, 3.63) is 59.2 Å². The number of guanidine groups is 1. The van der Waals surface area contributed by atoms with Gasteiger partial charge < -0.3 is 24.8 Å². The van der Waals surface area contributed by atoms with Gasteiger partial charge in [-0.1, -0.05) is 30.3 Å². The van der Waals surface area contributed by atoms with Crippen LogP contribution in [0.15, 0.2) is 47.5 Å². The molecule has 1 aliphatic heterocycles. The zero-order valence-corrected chi connectivity index (χ0v) is 21.0. The van der Waals surface area contributed by atoms with Crippen molar-refractivity contribution < 1.29 is 14.2 Å². The van der Waals surface area contributed by atoms with Crippen LogP contribution < -0.4 is 20.1 Å². The van der Waals surface area contributed by atoms with E-state index in [9.17, 15) is 0 Å². The van der Waals surface area contributed by atoms with Crippen molar-refractivity contribution >= 4 is 29.9 Å². The van der Waals surface area contributed by atoms with Gasteiger partial charge in [0.1, 0.15) is 11.5 Å². The predicted molar refractivity (Wildman–Crippen MR) is 136 cm³/mol. The topological polar surface area (TPSA) is 64.1 Å². The fraction of sp³-hybridized carbons (Fsp3) is 0.458. The number of benzene rings is 2. The molecule has 2 aromatic carbocycles. The molecule has 170 valence electrons. The lowest BCUT2D eigenvalue weighted by molar-refractivity contribution is 0.166. The van der Waals surface area contributed by atoms with E-state index in [0.29, 0.717) is 19.1 Å². The summed E-state index contributed by atoms with van der Waals surface area (Å²) in [6.45, 7) is 5.82. The molecule has 1 heterocycles. The number of halogens is 1. The molecule has 1 unspecified atom stereocenters. The maximum absolute atomic E-state index is 6.14. The second kappa shape index (κ2) is 13.4. The largest absolute Gasteiger partial charge is 0.496 e.